The summed E-state index contributed by atoms with van der Waals surface area (Å²) in [6, 6.07) is 12.1. The van der Waals surface area contributed by atoms with Gasteiger partial charge in [0.15, 0.2) is 5.78 Å². The molecule has 0 amide bonds. The molecule has 0 aliphatic heterocycles. The van der Waals surface area contributed by atoms with Crippen molar-refractivity contribution in [3.63, 3.8) is 0 Å². The molecule has 146 valence electrons. The van der Waals surface area contributed by atoms with E-state index >= 15 is 0 Å². The Labute approximate surface area is 179 Å². The van der Waals surface area contributed by atoms with Gasteiger partial charge in [0.2, 0.25) is 0 Å². The number of fused-ring (bicyclic) bond motifs is 1. The summed E-state index contributed by atoms with van der Waals surface area (Å²) in [5.74, 6) is 0.724. The SMILES string of the molecule is Cc1nc(CSc2nc3c(c(-c4ccccc4)c2C#N)C(=O)CC(C)(C)C3)cs1. The molecule has 29 heavy (non-hydrogen) atoms. The van der Waals surface area contributed by atoms with Gasteiger partial charge in [-0.25, -0.2) is 9.97 Å². The fourth-order valence-corrected chi connectivity index (χ4v) is 5.41. The minimum atomic E-state index is -0.132. The molecule has 3 aromatic rings. The molecule has 0 atom stereocenters. The fourth-order valence-electron chi connectivity index (χ4n) is 3.80. The molecule has 0 spiro atoms. The van der Waals surface area contributed by atoms with Crippen molar-refractivity contribution in [3.05, 3.63) is 63.2 Å². The van der Waals surface area contributed by atoms with Crippen molar-refractivity contribution in [3.8, 4) is 17.2 Å². The van der Waals surface area contributed by atoms with E-state index in [4.69, 9.17) is 4.98 Å². The van der Waals surface area contributed by atoms with Crippen LogP contribution >= 0.6 is 23.1 Å². The average Bonchev–Trinajstić information content (AvgIpc) is 3.10. The maximum Gasteiger partial charge on any atom is 0.165 e. The van der Waals surface area contributed by atoms with Crippen LogP contribution in [0.4, 0.5) is 0 Å². The molecule has 0 saturated heterocycles. The number of hydrogen-bond donors (Lipinski definition) is 0. The number of thioether (sulfide) groups is 1. The first-order valence-corrected chi connectivity index (χ1v) is 11.3. The number of carbonyl (C=O) groups is 1. The fraction of sp³-hybridized carbons (Fsp3) is 0.304. The van der Waals surface area contributed by atoms with Crippen molar-refractivity contribution >= 4 is 28.9 Å². The van der Waals surface area contributed by atoms with Gasteiger partial charge >= 0.3 is 0 Å². The second kappa shape index (κ2) is 7.74. The number of Topliss-reactive ketones (excluding diaryl/α,β-unsaturated/α-hetero) is 1. The number of benzene rings is 1. The lowest BCUT2D eigenvalue weighted by molar-refractivity contribution is 0.0910. The summed E-state index contributed by atoms with van der Waals surface area (Å²) >= 11 is 3.14. The highest BCUT2D eigenvalue weighted by atomic mass is 32.2. The van der Waals surface area contributed by atoms with Gasteiger partial charge in [-0.05, 0) is 24.3 Å². The van der Waals surface area contributed by atoms with Crippen LogP contribution in [0.2, 0.25) is 0 Å². The quantitative estimate of drug-likeness (QED) is 0.498. The summed E-state index contributed by atoms with van der Waals surface area (Å²) in [4.78, 5) is 22.4. The van der Waals surface area contributed by atoms with Gasteiger partial charge in [-0.15, -0.1) is 11.3 Å². The Hall–Kier alpha value is -2.49. The summed E-state index contributed by atoms with van der Waals surface area (Å²) < 4.78 is 0. The largest absolute Gasteiger partial charge is 0.294 e. The molecular weight excluding hydrogens is 398 g/mol. The van der Waals surface area contributed by atoms with Gasteiger partial charge in [-0.1, -0.05) is 55.9 Å². The normalized spacial score (nSPS) is 15.0. The van der Waals surface area contributed by atoms with Gasteiger partial charge in [0.1, 0.15) is 11.1 Å². The Kier molecular flexibility index (Phi) is 5.28. The molecule has 4 nitrogen and oxygen atoms in total. The van der Waals surface area contributed by atoms with E-state index in [1.54, 1.807) is 11.3 Å². The number of rotatable bonds is 4. The minimum Gasteiger partial charge on any atom is -0.294 e. The van der Waals surface area contributed by atoms with Crippen molar-refractivity contribution in [2.45, 2.75) is 44.4 Å². The Bertz CT molecular complexity index is 1130. The predicted octanol–water partition coefficient (Wildman–Crippen LogP) is 5.83. The van der Waals surface area contributed by atoms with E-state index in [0.29, 0.717) is 28.3 Å². The van der Waals surface area contributed by atoms with E-state index < -0.39 is 0 Å². The first kappa shape index (κ1) is 19.8. The third-order valence-electron chi connectivity index (χ3n) is 5.00. The zero-order chi connectivity index (χ0) is 20.6. The Morgan fingerprint density at radius 1 is 1.17 bits per heavy atom. The molecule has 0 radical (unpaired) electrons. The standard InChI is InChI=1S/C23H21N3OS2/c1-14-25-16(12-28-14)13-29-22-17(11-24)20(15-7-5-4-6-8-15)21-18(26-22)9-23(2,3)10-19(21)27/h4-8,12H,9-10,13H2,1-3H3. The first-order chi connectivity index (χ1) is 13.9. The number of carbonyl (C=O) groups excluding carboxylic acids is 1. The van der Waals surface area contributed by atoms with E-state index in [-0.39, 0.29) is 11.2 Å². The number of nitrogens with zero attached hydrogens (tertiary/aromatic N) is 3. The topological polar surface area (TPSA) is 66.6 Å². The molecule has 1 aliphatic rings. The first-order valence-electron chi connectivity index (χ1n) is 9.47. The summed E-state index contributed by atoms with van der Waals surface area (Å²) in [5.41, 5.74) is 4.39. The minimum absolute atomic E-state index is 0.0748. The maximum atomic E-state index is 13.1. The van der Waals surface area contributed by atoms with Gasteiger partial charge in [-0.2, -0.15) is 5.26 Å². The lowest BCUT2D eigenvalue weighted by Gasteiger charge is -2.31. The number of aryl methyl sites for hydroxylation is 1. The number of thiazole rings is 1. The highest BCUT2D eigenvalue weighted by molar-refractivity contribution is 7.98. The van der Waals surface area contributed by atoms with E-state index in [9.17, 15) is 10.1 Å². The molecular formula is C23H21N3OS2. The molecule has 2 aromatic heterocycles. The number of pyridine rings is 1. The average molecular weight is 420 g/mol. The molecule has 4 rings (SSSR count). The van der Waals surface area contributed by atoms with Gasteiger partial charge in [0, 0.05) is 28.7 Å². The van der Waals surface area contributed by atoms with Crippen LogP contribution in [0.25, 0.3) is 11.1 Å². The van der Waals surface area contributed by atoms with Crippen molar-refractivity contribution in [2.75, 3.05) is 0 Å². The summed E-state index contributed by atoms with van der Waals surface area (Å²) in [7, 11) is 0. The lowest BCUT2D eigenvalue weighted by Crippen LogP contribution is -2.29. The Balaban J connectivity index is 1.88. The highest BCUT2D eigenvalue weighted by Gasteiger charge is 2.36. The number of aromatic nitrogens is 2. The van der Waals surface area contributed by atoms with E-state index in [1.165, 1.54) is 11.8 Å². The van der Waals surface area contributed by atoms with Crippen molar-refractivity contribution in [1.29, 1.82) is 5.26 Å². The van der Waals surface area contributed by atoms with Gasteiger partial charge < -0.3 is 0 Å². The summed E-state index contributed by atoms with van der Waals surface area (Å²) in [6.45, 7) is 6.18. The smallest absolute Gasteiger partial charge is 0.165 e. The number of ketones is 1. The van der Waals surface area contributed by atoms with Crippen molar-refractivity contribution in [2.24, 2.45) is 5.41 Å². The van der Waals surface area contributed by atoms with Crippen molar-refractivity contribution in [1.82, 2.24) is 9.97 Å². The molecule has 0 saturated carbocycles. The number of nitriles is 1. The van der Waals surface area contributed by atoms with Crippen LogP contribution in [0.15, 0.2) is 40.7 Å². The van der Waals surface area contributed by atoms with Crippen LogP contribution in [-0.2, 0) is 12.2 Å². The lowest BCUT2D eigenvalue weighted by atomic mass is 9.73. The van der Waals surface area contributed by atoms with Crippen LogP contribution in [0.5, 0.6) is 0 Å². The number of hydrogen-bond acceptors (Lipinski definition) is 6. The molecule has 0 fully saturated rings. The van der Waals surface area contributed by atoms with Crippen LogP contribution < -0.4 is 0 Å². The van der Waals surface area contributed by atoms with Gasteiger partial charge in [0.05, 0.1) is 22.0 Å². The van der Waals surface area contributed by atoms with Gasteiger partial charge in [-0.3, -0.25) is 4.79 Å². The van der Waals surface area contributed by atoms with Gasteiger partial charge in [0.25, 0.3) is 0 Å². The Morgan fingerprint density at radius 3 is 2.59 bits per heavy atom. The molecule has 1 aromatic carbocycles. The van der Waals surface area contributed by atoms with E-state index in [1.807, 2.05) is 42.6 Å². The third kappa shape index (κ3) is 3.98. The zero-order valence-electron chi connectivity index (χ0n) is 16.7. The van der Waals surface area contributed by atoms with Crippen molar-refractivity contribution < 1.29 is 4.79 Å². The maximum absolute atomic E-state index is 13.1. The highest BCUT2D eigenvalue weighted by Crippen LogP contribution is 2.42. The molecule has 1 aliphatic carbocycles. The monoisotopic (exact) mass is 419 g/mol. The van der Waals surface area contributed by atoms with Crippen LogP contribution in [0, 0.1) is 23.7 Å². The molecule has 2 heterocycles. The predicted molar refractivity (Wildman–Crippen MR) is 117 cm³/mol. The zero-order valence-corrected chi connectivity index (χ0v) is 18.3. The molecule has 6 heteroatoms. The third-order valence-corrected chi connectivity index (χ3v) is 6.83. The molecule has 0 N–H and O–H groups in total. The second-order valence-electron chi connectivity index (χ2n) is 8.05. The van der Waals surface area contributed by atoms with E-state index in [2.05, 4.69) is 24.9 Å². The van der Waals surface area contributed by atoms with Crippen LogP contribution in [-0.4, -0.2) is 15.8 Å². The van der Waals surface area contributed by atoms with Crippen LogP contribution in [0.1, 0.15) is 52.6 Å². The Morgan fingerprint density at radius 2 is 1.93 bits per heavy atom. The van der Waals surface area contributed by atoms with Crippen LogP contribution in [0.3, 0.4) is 0 Å². The van der Waals surface area contributed by atoms with E-state index in [0.717, 1.165) is 33.9 Å². The second-order valence-corrected chi connectivity index (χ2v) is 10.1. The molecule has 0 unspecified atom stereocenters. The summed E-state index contributed by atoms with van der Waals surface area (Å²) in [5, 5.41) is 13.8. The molecule has 0 bridgehead atoms. The summed E-state index contributed by atoms with van der Waals surface area (Å²) in [6.07, 6.45) is 1.19.